The Kier molecular flexibility index (Phi) is 4.02. The SMILES string of the molecule is CC(C)CN1CCOc2ccc(CN)cc2C1. The summed E-state index contributed by atoms with van der Waals surface area (Å²) in [5, 5.41) is 0. The van der Waals surface area contributed by atoms with Crippen molar-refractivity contribution in [2.24, 2.45) is 11.7 Å². The molecular weight excluding hydrogens is 212 g/mol. The standard InChI is InChI=1S/C14H22N2O/c1-11(2)9-16-5-6-17-14-4-3-12(8-15)7-13(14)10-16/h3-4,7,11H,5-6,8-10,15H2,1-2H3. The first-order valence-electron chi connectivity index (χ1n) is 6.36. The Bertz CT molecular complexity index is 376. The number of rotatable bonds is 3. The van der Waals surface area contributed by atoms with Crippen molar-refractivity contribution in [3.05, 3.63) is 29.3 Å². The van der Waals surface area contributed by atoms with Crippen LogP contribution in [0, 0.1) is 5.92 Å². The molecule has 0 aliphatic carbocycles. The average molecular weight is 234 g/mol. The molecule has 0 aromatic heterocycles. The molecule has 1 aliphatic rings. The van der Waals surface area contributed by atoms with E-state index in [1.54, 1.807) is 0 Å². The van der Waals surface area contributed by atoms with Crippen LogP contribution in [-0.4, -0.2) is 24.6 Å². The number of ether oxygens (including phenoxy) is 1. The molecule has 0 saturated carbocycles. The molecule has 17 heavy (non-hydrogen) atoms. The first-order chi connectivity index (χ1) is 8.19. The van der Waals surface area contributed by atoms with Crippen LogP contribution in [-0.2, 0) is 13.1 Å². The zero-order valence-corrected chi connectivity index (χ0v) is 10.8. The molecular formula is C14H22N2O. The number of fused-ring (bicyclic) bond motifs is 1. The second-order valence-corrected chi connectivity index (χ2v) is 5.12. The molecule has 3 nitrogen and oxygen atoms in total. The zero-order valence-electron chi connectivity index (χ0n) is 10.8. The third kappa shape index (κ3) is 3.20. The molecule has 0 bridgehead atoms. The van der Waals surface area contributed by atoms with E-state index in [9.17, 15) is 0 Å². The smallest absolute Gasteiger partial charge is 0.123 e. The van der Waals surface area contributed by atoms with Gasteiger partial charge < -0.3 is 10.5 Å². The highest BCUT2D eigenvalue weighted by molar-refractivity contribution is 5.37. The van der Waals surface area contributed by atoms with Crippen molar-refractivity contribution in [2.75, 3.05) is 19.7 Å². The highest BCUT2D eigenvalue weighted by Crippen LogP contribution is 2.24. The summed E-state index contributed by atoms with van der Waals surface area (Å²) < 4.78 is 5.78. The van der Waals surface area contributed by atoms with E-state index in [-0.39, 0.29) is 0 Å². The summed E-state index contributed by atoms with van der Waals surface area (Å²) in [4.78, 5) is 2.46. The topological polar surface area (TPSA) is 38.5 Å². The Balaban J connectivity index is 2.16. The molecule has 0 amide bonds. The predicted octanol–water partition coefficient (Wildman–Crippen LogP) is 2.00. The fraction of sp³-hybridized carbons (Fsp3) is 0.571. The molecule has 2 N–H and O–H groups in total. The van der Waals surface area contributed by atoms with Gasteiger partial charge in [0.15, 0.2) is 0 Å². The van der Waals surface area contributed by atoms with Gasteiger partial charge in [0.1, 0.15) is 12.4 Å². The van der Waals surface area contributed by atoms with E-state index in [1.807, 2.05) is 0 Å². The molecule has 0 saturated heterocycles. The van der Waals surface area contributed by atoms with Crippen LogP contribution in [0.1, 0.15) is 25.0 Å². The van der Waals surface area contributed by atoms with Crippen LogP contribution in [0.3, 0.4) is 0 Å². The van der Waals surface area contributed by atoms with E-state index in [1.165, 1.54) is 11.1 Å². The van der Waals surface area contributed by atoms with Gasteiger partial charge in [0.05, 0.1) is 0 Å². The van der Waals surface area contributed by atoms with Crippen molar-refractivity contribution in [3.8, 4) is 5.75 Å². The van der Waals surface area contributed by atoms with Gasteiger partial charge in [-0.3, -0.25) is 4.90 Å². The molecule has 0 unspecified atom stereocenters. The van der Waals surface area contributed by atoms with Gasteiger partial charge in [-0.15, -0.1) is 0 Å². The van der Waals surface area contributed by atoms with Gasteiger partial charge in [-0.2, -0.15) is 0 Å². The van der Waals surface area contributed by atoms with Crippen molar-refractivity contribution in [1.82, 2.24) is 4.90 Å². The molecule has 94 valence electrons. The molecule has 0 radical (unpaired) electrons. The van der Waals surface area contributed by atoms with Gasteiger partial charge in [-0.05, 0) is 23.6 Å². The lowest BCUT2D eigenvalue weighted by atomic mass is 10.1. The number of nitrogens with two attached hydrogens (primary N) is 1. The Hall–Kier alpha value is -1.06. The number of hydrogen-bond donors (Lipinski definition) is 1. The summed E-state index contributed by atoms with van der Waals surface area (Å²) in [6.45, 7) is 8.98. The number of hydrogen-bond acceptors (Lipinski definition) is 3. The minimum absolute atomic E-state index is 0.595. The summed E-state index contributed by atoms with van der Waals surface area (Å²) in [5.41, 5.74) is 8.13. The predicted molar refractivity (Wildman–Crippen MR) is 69.9 cm³/mol. The summed E-state index contributed by atoms with van der Waals surface area (Å²) in [6.07, 6.45) is 0. The number of benzene rings is 1. The minimum Gasteiger partial charge on any atom is -0.492 e. The van der Waals surface area contributed by atoms with Crippen LogP contribution in [0.25, 0.3) is 0 Å². The molecule has 0 fully saturated rings. The molecule has 3 heteroatoms. The van der Waals surface area contributed by atoms with Crippen LogP contribution in [0.4, 0.5) is 0 Å². The molecule has 1 heterocycles. The summed E-state index contributed by atoms with van der Waals surface area (Å²) in [6, 6.07) is 6.28. The second kappa shape index (κ2) is 5.52. The van der Waals surface area contributed by atoms with E-state index in [2.05, 4.69) is 36.9 Å². The highest BCUT2D eigenvalue weighted by atomic mass is 16.5. The van der Waals surface area contributed by atoms with Gasteiger partial charge >= 0.3 is 0 Å². The lowest BCUT2D eigenvalue weighted by Crippen LogP contribution is -2.29. The van der Waals surface area contributed by atoms with Crippen LogP contribution in [0.5, 0.6) is 5.75 Å². The highest BCUT2D eigenvalue weighted by Gasteiger charge is 2.16. The fourth-order valence-corrected chi connectivity index (χ4v) is 2.30. The summed E-state index contributed by atoms with van der Waals surface area (Å²) >= 11 is 0. The maximum atomic E-state index is 5.78. The van der Waals surface area contributed by atoms with Crippen molar-refractivity contribution in [2.45, 2.75) is 26.9 Å². The number of nitrogens with zero attached hydrogens (tertiary/aromatic N) is 1. The van der Waals surface area contributed by atoms with E-state index < -0.39 is 0 Å². The van der Waals surface area contributed by atoms with Gasteiger partial charge in [0, 0.05) is 31.7 Å². The minimum atomic E-state index is 0.595. The third-order valence-electron chi connectivity index (χ3n) is 3.04. The van der Waals surface area contributed by atoms with E-state index in [4.69, 9.17) is 10.5 Å². The lowest BCUT2D eigenvalue weighted by Gasteiger charge is -2.21. The van der Waals surface area contributed by atoms with E-state index >= 15 is 0 Å². The maximum absolute atomic E-state index is 5.78. The van der Waals surface area contributed by atoms with Gasteiger partial charge in [-0.25, -0.2) is 0 Å². The average Bonchev–Trinajstić information content (AvgIpc) is 2.48. The first kappa shape index (κ1) is 12.4. The molecule has 1 aliphatic heterocycles. The quantitative estimate of drug-likeness (QED) is 0.869. The van der Waals surface area contributed by atoms with Crippen molar-refractivity contribution in [3.63, 3.8) is 0 Å². The summed E-state index contributed by atoms with van der Waals surface area (Å²) in [7, 11) is 0. The Morgan fingerprint density at radius 2 is 2.24 bits per heavy atom. The van der Waals surface area contributed by atoms with Crippen LogP contribution in [0.15, 0.2) is 18.2 Å². The molecule has 0 atom stereocenters. The largest absolute Gasteiger partial charge is 0.492 e. The summed E-state index contributed by atoms with van der Waals surface area (Å²) in [5.74, 6) is 1.71. The van der Waals surface area contributed by atoms with Gasteiger partial charge in [0.25, 0.3) is 0 Å². The van der Waals surface area contributed by atoms with Crippen LogP contribution >= 0.6 is 0 Å². The molecule has 2 rings (SSSR count). The normalized spacial score (nSPS) is 16.5. The van der Waals surface area contributed by atoms with Crippen LogP contribution < -0.4 is 10.5 Å². The second-order valence-electron chi connectivity index (χ2n) is 5.12. The fourth-order valence-electron chi connectivity index (χ4n) is 2.30. The Morgan fingerprint density at radius 1 is 1.41 bits per heavy atom. The van der Waals surface area contributed by atoms with E-state index in [0.29, 0.717) is 12.5 Å². The molecule has 1 aromatic carbocycles. The van der Waals surface area contributed by atoms with Crippen LogP contribution in [0.2, 0.25) is 0 Å². The third-order valence-corrected chi connectivity index (χ3v) is 3.04. The molecule has 1 aromatic rings. The van der Waals surface area contributed by atoms with Gasteiger partial charge in [-0.1, -0.05) is 19.9 Å². The first-order valence-corrected chi connectivity index (χ1v) is 6.36. The molecule has 0 spiro atoms. The van der Waals surface area contributed by atoms with Crippen molar-refractivity contribution < 1.29 is 4.74 Å². The zero-order chi connectivity index (χ0) is 12.3. The van der Waals surface area contributed by atoms with Crippen molar-refractivity contribution >= 4 is 0 Å². The lowest BCUT2D eigenvalue weighted by molar-refractivity contribution is 0.207. The van der Waals surface area contributed by atoms with Gasteiger partial charge in [0.2, 0.25) is 0 Å². The van der Waals surface area contributed by atoms with Crippen molar-refractivity contribution in [1.29, 1.82) is 0 Å². The maximum Gasteiger partial charge on any atom is 0.123 e. The monoisotopic (exact) mass is 234 g/mol. The Morgan fingerprint density at radius 3 is 2.94 bits per heavy atom. The van der Waals surface area contributed by atoms with E-state index in [0.717, 1.165) is 32.0 Å². The Labute approximate surface area is 104 Å².